The molecule has 0 saturated heterocycles. The number of nitrogens with zero attached hydrogens (tertiary/aromatic N) is 1. The molecule has 0 saturated carbocycles. The Kier molecular flexibility index (Phi) is 11.4. The maximum Gasteiger partial charge on any atom is 0.408 e. The molecule has 0 fully saturated rings. The van der Waals surface area contributed by atoms with E-state index in [4.69, 9.17) is 18.9 Å². The summed E-state index contributed by atoms with van der Waals surface area (Å²) in [6, 6.07) is -1.15. The zero-order valence-corrected chi connectivity index (χ0v) is 27.3. The van der Waals surface area contributed by atoms with Crippen LogP contribution in [0.25, 0.3) is 0 Å². The van der Waals surface area contributed by atoms with Crippen molar-refractivity contribution in [3.63, 3.8) is 0 Å². The van der Waals surface area contributed by atoms with Crippen LogP contribution in [-0.4, -0.2) is 62.7 Å². The third kappa shape index (κ3) is 12.5. The molecule has 42 heavy (non-hydrogen) atoms. The Morgan fingerprint density at radius 2 is 1.21 bits per heavy atom. The number of esters is 2. The van der Waals surface area contributed by atoms with Crippen molar-refractivity contribution in [2.45, 2.75) is 137 Å². The molecule has 2 atom stereocenters. The molecule has 238 valence electrons. The molecule has 0 aliphatic rings. The molecule has 0 spiro atoms. The molecule has 12 heteroatoms. The topological polar surface area (TPSA) is 162 Å². The Hall–Kier alpha value is -3.57. The van der Waals surface area contributed by atoms with Crippen LogP contribution in [0.15, 0.2) is 12.4 Å². The Balaban J connectivity index is 3.56. The van der Waals surface area contributed by atoms with E-state index in [1.165, 1.54) is 13.1 Å². The molecule has 1 heterocycles. The molecule has 0 aliphatic heterocycles. The van der Waals surface area contributed by atoms with Crippen LogP contribution in [0.2, 0.25) is 0 Å². The molecule has 12 nitrogen and oxygen atoms in total. The summed E-state index contributed by atoms with van der Waals surface area (Å²) in [5, 5.41) is 16.1. The molecule has 0 aromatic carbocycles. The van der Waals surface area contributed by atoms with Gasteiger partial charge in [-0.05, 0) is 108 Å². The van der Waals surface area contributed by atoms with E-state index in [0.717, 1.165) is 6.20 Å². The largest absolute Gasteiger partial charge is 0.506 e. The second-order valence-corrected chi connectivity index (χ2v) is 14.2. The maximum atomic E-state index is 13.6. The number of hydrogen-bond donors (Lipinski definition) is 3. The fourth-order valence-electron chi connectivity index (χ4n) is 3.73. The van der Waals surface area contributed by atoms with Crippen LogP contribution in [-0.2, 0) is 40.5 Å². The van der Waals surface area contributed by atoms with E-state index in [1.54, 1.807) is 83.1 Å². The maximum absolute atomic E-state index is 13.6. The summed E-state index contributed by atoms with van der Waals surface area (Å²) in [6.45, 7) is 21.5. The van der Waals surface area contributed by atoms with Gasteiger partial charge in [0.15, 0.2) is 5.54 Å². The van der Waals surface area contributed by atoms with Gasteiger partial charge in [0.25, 0.3) is 0 Å². The normalized spacial score (nSPS) is 14.6. The average molecular weight is 596 g/mol. The van der Waals surface area contributed by atoms with Crippen LogP contribution in [0, 0.1) is 0 Å². The van der Waals surface area contributed by atoms with Gasteiger partial charge in [-0.25, -0.2) is 19.2 Å². The molecule has 0 aliphatic carbocycles. The van der Waals surface area contributed by atoms with Crippen molar-refractivity contribution < 1.29 is 43.2 Å². The number of alkyl carbamates (subject to hydrolysis) is 2. The highest BCUT2D eigenvalue weighted by molar-refractivity contribution is 5.88. The van der Waals surface area contributed by atoms with Crippen LogP contribution >= 0.6 is 0 Å². The fourth-order valence-corrected chi connectivity index (χ4v) is 3.73. The Morgan fingerprint density at radius 3 is 1.69 bits per heavy atom. The third-order valence-electron chi connectivity index (χ3n) is 5.15. The predicted octanol–water partition coefficient (Wildman–Crippen LogP) is 5.04. The number of aromatic hydroxyl groups is 1. The van der Waals surface area contributed by atoms with Gasteiger partial charge in [0.2, 0.25) is 0 Å². The molecule has 0 radical (unpaired) electrons. The molecule has 1 aromatic heterocycles. The highest BCUT2D eigenvalue weighted by Crippen LogP contribution is 2.35. The van der Waals surface area contributed by atoms with E-state index in [0.29, 0.717) is 5.56 Å². The van der Waals surface area contributed by atoms with Gasteiger partial charge < -0.3 is 34.7 Å². The monoisotopic (exact) mass is 595 g/mol. The summed E-state index contributed by atoms with van der Waals surface area (Å²) in [6.07, 6.45) is 0.777. The highest BCUT2D eigenvalue weighted by atomic mass is 16.6. The quantitative estimate of drug-likeness (QED) is 0.274. The van der Waals surface area contributed by atoms with Crippen molar-refractivity contribution in [2.75, 3.05) is 0 Å². The minimum absolute atomic E-state index is 0.00202. The summed E-state index contributed by atoms with van der Waals surface area (Å²) in [5.41, 5.74) is -5.09. The minimum Gasteiger partial charge on any atom is -0.506 e. The first-order chi connectivity index (χ1) is 18.7. The lowest BCUT2D eigenvalue weighted by molar-refractivity contribution is -0.163. The van der Waals surface area contributed by atoms with Gasteiger partial charge in [0.05, 0.1) is 6.20 Å². The summed E-state index contributed by atoms with van der Waals surface area (Å²) in [4.78, 5) is 56.2. The highest BCUT2D eigenvalue weighted by Gasteiger charge is 2.45. The number of carbonyl (C=O) groups excluding carboxylic acids is 4. The van der Waals surface area contributed by atoms with Crippen molar-refractivity contribution in [2.24, 2.45) is 0 Å². The van der Waals surface area contributed by atoms with Crippen LogP contribution in [0.4, 0.5) is 9.59 Å². The van der Waals surface area contributed by atoms with Gasteiger partial charge in [0.1, 0.15) is 34.2 Å². The van der Waals surface area contributed by atoms with E-state index in [1.807, 2.05) is 0 Å². The molecule has 3 N–H and O–H groups in total. The second kappa shape index (κ2) is 13.2. The summed E-state index contributed by atoms with van der Waals surface area (Å²) in [5.74, 6) is -1.96. The lowest BCUT2D eigenvalue weighted by Gasteiger charge is -2.34. The van der Waals surface area contributed by atoms with Gasteiger partial charge >= 0.3 is 24.1 Å². The van der Waals surface area contributed by atoms with E-state index in [9.17, 15) is 24.3 Å². The lowest BCUT2D eigenvalue weighted by atomic mass is 9.86. The van der Waals surface area contributed by atoms with Crippen LogP contribution < -0.4 is 10.6 Å². The number of pyridine rings is 1. The number of hydrogen-bond acceptors (Lipinski definition) is 10. The SMILES string of the molecule is CC(C)(C)OC(=O)NC(CCc1cncc(O)c1C(C)(NC(=O)OC(C)(C)C)C(=O)OC(C)(C)C)C(=O)OC(C)(C)C. The predicted molar refractivity (Wildman–Crippen MR) is 156 cm³/mol. The lowest BCUT2D eigenvalue weighted by Crippen LogP contribution is -2.53. The van der Waals surface area contributed by atoms with Gasteiger partial charge in [-0.15, -0.1) is 0 Å². The number of aromatic nitrogens is 1. The first-order valence-electron chi connectivity index (χ1n) is 13.9. The zero-order valence-electron chi connectivity index (χ0n) is 27.3. The van der Waals surface area contributed by atoms with Gasteiger partial charge in [-0.1, -0.05) is 0 Å². The number of aryl methyl sites for hydroxylation is 1. The summed E-state index contributed by atoms with van der Waals surface area (Å²) in [7, 11) is 0. The van der Waals surface area contributed by atoms with Gasteiger partial charge in [0, 0.05) is 11.8 Å². The van der Waals surface area contributed by atoms with Crippen molar-refractivity contribution in [1.82, 2.24) is 15.6 Å². The van der Waals surface area contributed by atoms with Crippen molar-refractivity contribution in [3.8, 4) is 5.75 Å². The van der Waals surface area contributed by atoms with Crippen LogP contribution in [0.3, 0.4) is 0 Å². The van der Waals surface area contributed by atoms with E-state index >= 15 is 0 Å². The molecule has 2 amide bonds. The summed E-state index contributed by atoms with van der Waals surface area (Å²) < 4.78 is 21.9. The van der Waals surface area contributed by atoms with Crippen LogP contribution in [0.5, 0.6) is 5.75 Å². The first kappa shape index (κ1) is 36.5. The van der Waals surface area contributed by atoms with E-state index in [2.05, 4.69) is 15.6 Å². The molecule has 0 bridgehead atoms. The number of nitrogens with one attached hydrogen (secondary N) is 2. The first-order valence-corrected chi connectivity index (χ1v) is 13.9. The van der Waals surface area contributed by atoms with Crippen LogP contribution in [0.1, 0.15) is 108 Å². The number of ether oxygens (including phenoxy) is 4. The number of carbonyl (C=O) groups is 4. The molecule has 1 aromatic rings. The number of rotatable bonds is 8. The minimum atomic E-state index is -1.93. The van der Waals surface area contributed by atoms with E-state index in [-0.39, 0.29) is 18.4 Å². The standard InChI is InChI=1S/C30H49N3O9/c1-26(2,3)39-22(35)19(32-24(37)41-28(7,8)9)15-14-18-16-31-17-20(34)21(18)30(13,23(36)40-27(4,5)6)33-25(38)42-29(10,11)12/h16-17,19,34H,14-15H2,1-13H3,(H,32,37)(H,33,38). The molecule has 1 rings (SSSR count). The van der Waals surface area contributed by atoms with E-state index < -0.39 is 63.9 Å². The second-order valence-electron chi connectivity index (χ2n) is 14.2. The van der Waals surface area contributed by atoms with Crippen molar-refractivity contribution in [3.05, 3.63) is 23.5 Å². The Labute approximate surface area is 249 Å². The average Bonchev–Trinajstić information content (AvgIpc) is 2.71. The van der Waals surface area contributed by atoms with Crippen molar-refractivity contribution in [1.29, 1.82) is 0 Å². The Bertz CT molecular complexity index is 1140. The molecular formula is C30H49N3O9. The van der Waals surface area contributed by atoms with Crippen molar-refractivity contribution >= 4 is 24.1 Å². The zero-order chi connectivity index (χ0) is 32.9. The molecular weight excluding hydrogens is 546 g/mol. The van der Waals surface area contributed by atoms with Gasteiger partial charge in [-0.3, -0.25) is 4.98 Å². The van der Waals surface area contributed by atoms with Gasteiger partial charge in [-0.2, -0.15) is 0 Å². The third-order valence-corrected chi connectivity index (χ3v) is 5.15. The molecule has 2 unspecified atom stereocenters. The smallest absolute Gasteiger partial charge is 0.408 e. The summed E-state index contributed by atoms with van der Waals surface area (Å²) >= 11 is 0. The number of amides is 2. The Morgan fingerprint density at radius 1 is 0.738 bits per heavy atom. The fraction of sp³-hybridized carbons (Fsp3) is 0.700.